The van der Waals surface area contributed by atoms with Crippen LogP contribution in [0.25, 0.3) is 0 Å². The van der Waals surface area contributed by atoms with Crippen molar-refractivity contribution in [3.63, 3.8) is 0 Å². The molecule has 1 saturated heterocycles. The second-order valence-corrected chi connectivity index (χ2v) is 5.20. The minimum absolute atomic E-state index is 0.0225. The van der Waals surface area contributed by atoms with Gasteiger partial charge in [-0.15, -0.1) is 0 Å². The first kappa shape index (κ1) is 12.4. The monoisotopic (exact) mass is 240 g/mol. The Bertz CT molecular complexity index is 305. The standard InChI is InChI=1S/C12H20N2O3/c15-10(16)8-12(5-1-2-6-12)14-11(17)9-4-3-7-13-9/h9,13H,1-8H2,(H,14,17)(H,15,16)/t9-/m0/s1. The van der Waals surface area contributed by atoms with Gasteiger partial charge in [0, 0.05) is 0 Å². The molecule has 0 radical (unpaired) electrons. The van der Waals surface area contributed by atoms with Crippen LogP contribution in [0.1, 0.15) is 44.9 Å². The molecule has 1 aliphatic carbocycles. The maximum atomic E-state index is 12.0. The number of aliphatic carboxylic acids is 1. The van der Waals surface area contributed by atoms with Gasteiger partial charge in [-0.1, -0.05) is 12.8 Å². The Morgan fingerprint density at radius 2 is 2.00 bits per heavy atom. The molecule has 0 spiro atoms. The van der Waals surface area contributed by atoms with Crippen LogP contribution in [-0.4, -0.2) is 35.1 Å². The fourth-order valence-electron chi connectivity index (χ4n) is 2.94. The zero-order valence-corrected chi connectivity index (χ0v) is 10.00. The highest BCUT2D eigenvalue weighted by atomic mass is 16.4. The summed E-state index contributed by atoms with van der Waals surface area (Å²) in [5.41, 5.74) is -0.493. The molecule has 1 saturated carbocycles. The number of carbonyl (C=O) groups is 2. The second-order valence-electron chi connectivity index (χ2n) is 5.20. The Morgan fingerprint density at radius 3 is 2.53 bits per heavy atom. The maximum absolute atomic E-state index is 12.0. The van der Waals surface area contributed by atoms with E-state index >= 15 is 0 Å². The summed E-state index contributed by atoms with van der Waals surface area (Å²) in [6.07, 6.45) is 5.51. The van der Waals surface area contributed by atoms with Gasteiger partial charge in [0.2, 0.25) is 5.91 Å². The summed E-state index contributed by atoms with van der Waals surface area (Å²) in [5, 5.41) is 15.1. The highest BCUT2D eigenvalue weighted by molar-refractivity contribution is 5.83. The summed E-state index contributed by atoms with van der Waals surface area (Å²) in [5.74, 6) is -0.850. The van der Waals surface area contributed by atoms with Gasteiger partial charge in [0.1, 0.15) is 0 Å². The van der Waals surface area contributed by atoms with Gasteiger partial charge in [-0.3, -0.25) is 9.59 Å². The lowest BCUT2D eigenvalue weighted by Crippen LogP contribution is -2.53. The van der Waals surface area contributed by atoms with E-state index in [-0.39, 0.29) is 18.4 Å². The number of carboxylic acids is 1. The van der Waals surface area contributed by atoms with Crippen LogP contribution in [0.5, 0.6) is 0 Å². The van der Waals surface area contributed by atoms with Crippen LogP contribution in [-0.2, 0) is 9.59 Å². The number of nitrogens with one attached hydrogen (secondary N) is 2. The van der Waals surface area contributed by atoms with E-state index in [1.54, 1.807) is 0 Å². The lowest BCUT2D eigenvalue weighted by Gasteiger charge is -2.30. The number of carbonyl (C=O) groups excluding carboxylic acids is 1. The Morgan fingerprint density at radius 1 is 1.29 bits per heavy atom. The van der Waals surface area contributed by atoms with E-state index in [9.17, 15) is 9.59 Å². The zero-order chi connectivity index (χ0) is 12.3. The summed E-state index contributed by atoms with van der Waals surface area (Å²) >= 11 is 0. The highest BCUT2D eigenvalue weighted by Crippen LogP contribution is 2.32. The molecule has 2 aliphatic rings. The fourth-order valence-corrected chi connectivity index (χ4v) is 2.94. The largest absolute Gasteiger partial charge is 0.481 e. The minimum atomic E-state index is -0.827. The van der Waals surface area contributed by atoms with Gasteiger partial charge in [-0.05, 0) is 32.2 Å². The van der Waals surface area contributed by atoms with E-state index in [0.29, 0.717) is 0 Å². The van der Waals surface area contributed by atoms with E-state index < -0.39 is 11.5 Å². The molecule has 0 unspecified atom stereocenters. The van der Waals surface area contributed by atoms with E-state index in [0.717, 1.165) is 45.1 Å². The number of rotatable bonds is 4. The molecule has 0 bridgehead atoms. The van der Waals surface area contributed by atoms with Crippen molar-refractivity contribution in [2.24, 2.45) is 0 Å². The van der Waals surface area contributed by atoms with Gasteiger partial charge in [-0.2, -0.15) is 0 Å². The fraction of sp³-hybridized carbons (Fsp3) is 0.833. The summed E-state index contributed by atoms with van der Waals surface area (Å²) in [6, 6.07) is -0.124. The van der Waals surface area contributed by atoms with Crippen molar-refractivity contribution in [1.82, 2.24) is 10.6 Å². The van der Waals surface area contributed by atoms with E-state index in [1.165, 1.54) is 0 Å². The summed E-state index contributed by atoms with van der Waals surface area (Å²) in [4.78, 5) is 22.9. The molecule has 0 aromatic rings. The van der Waals surface area contributed by atoms with Crippen LogP contribution < -0.4 is 10.6 Å². The first-order valence-electron chi connectivity index (χ1n) is 6.39. The summed E-state index contributed by atoms with van der Waals surface area (Å²) < 4.78 is 0. The second kappa shape index (κ2) is 5.04. The normalized spacial score (nSPS) is 26.9. The summed E-state index contributed by atoms with van der Waals surface area (Å²) in [6.45, 7) is 0.879. The van der Waals surface area contributed by atoms with Gasteiger partial charge in [0.05, 0.1) is 18.0 Å². The van der Waals surface area contributed by atoms with Gasteiger partial charge >= 0.3 is 5.97 Å². The van der Waals surface area contributed by atoms with E-state index in [2.05, 4.69) is 10.6 Å². The van der Waals surface area contributed by atoms with Crippen molar-refractivity contribution in [3.05, 3.63) is 0 Å². The molecule has 0 aromatic heterocycles. The Labute approximate surface area is 101 Å². The third kappa shape index (κ3) is 2.97. The van der Waals surface area contributed by atoms with Crippen molar-refractivity contribution >= 4 is 11.9 Å². The van der Waals surface area contributed by atoms with Gasteiger partial charge in [0.25, 0.3) is 0 Å². The molecule has 3 N–H and O–H groups in total. The summed E-state index contributed by atoms with van der Waals surface area (Å²) in [7, 11) is 0. The molecule has 96 valence electrons. The average molecular weight is 240 g/mol. The predicted molar refractivity (Wildman–Crippen MR) is 62.6 cm³/mol. The van der Waals surface area contributed by atoms with Crippen LogP contribution in [0, 0.1) is 0 Å². The molecule has 5 heteroatoms. The number of hydrogen-bond acceptors (Lipinski definition) is 3. The van der Waals surface area contributed by atoms with Crippen molar-refractivity contribution in [2.45, 2.75) is 56.5 Å². The van der Waals surface area contributed by atoms with Crippen LogP contribution in [0.4, 0.5) is 0 Å². The lowest BCUT2D eigenvalue weighted by molar-refractivity contribution is -0.139. The Balaban J connectivity index is 1.97. The smallest absolute Gasteiger partial charge is 0.305 e. The van der Waals surface area contributed by atoms with E-state index in [1.807, 2.05) is 0 Å². The molecule has 1 atom stereocenters. The number of hydrogen-bond donors (Lipinski definition) is 3. The molecule has 2 rings (SSSR count). The first-order chi connectivity index (χ1) is 8.11. The molecular weight excluding hydrogens is 220 g/mol. The van der Waals surface area contributed by atoms with Gasteiger partial charge in [-0.25, -0.2) is 0 Å². The minimum Gasteiger partial charge on any atom is -0.481 e. The van der Waals surface area contributed by atoms with Crippen LogP contribution in [0.3, 0.4) is 0 Å². The third-order valence-corrected chi connectivity index (χ3v) is 3.82. The van der Waals surface area contributed by atoms with Gasteiger partial charge < -0.3 is 15.7 Å². The highest BCUT2D eigenvalue weighted by Gasteiger charge is 2.39. The van der Waals surface area contributed by atoms with Crippen molar-refractivity contribution in [2.75, 3.05) is 6.54 Å². The molecule has 1 amide bonds. The number of carboxylic acid groups (broad SMARTS) is 1. The topological polar surface area (TPSA) is 78.4 Å². The molecule has 17 heavy (non-hydrogen) atoms. The van der Waals surface area contributed by atoms with Crippen LogP contribution in [0.2, 0.25) is 0 Å². The van der Waals surface area contributed by atoms with Crippen LogP contribution in [0.15, 0.2) is 0 Å². The molecule has 0 aromatic carbocycles. The number of amides is 1. The Hall–Kier alpha value is -1.10. The lowest BCUT2D eigenvalue weighted by atomic mass is 9.92. The quantitative estimate of drug-likeness (QED) is 0.674. The van der Waals surface area contributed by atoms with Crippen molar-refractivity contribution in [1.29, 1.82) is 0 Å². The van der Waals surface area contributed by atoms with Crippen molar-refractivity contribution < 1.29 is 14.7 Å². The zero-order valence-electron chi connectivity index (χ0n) is 10.00. The maximum Gasteiger partial charge on any atom is 0.305 e. The van der Waals surface area contributed by atoms with E-state index in [4.69, 9.17) is 5.11 Å². The predicted octanol–water partition coefficient (Wildman–Crippen LogP) is 0.642. The first-order valence-corrected chi connectivity index (χ1v) is 6.39. The molecular formula is C12H20N2O3. The average Bonchev–Trinajstić information content (AvgIpc) is 2.86. The Kier molecular flexibility index (Phi) is 3.66. The third-order valence-electron chi connectivity index (χ3n) is 3.82. The molecule has 2 fully saturated rings. The molecule has 5 nitrogen and oxygen atoms in total. The van der Waals surface area contributed by atoms with Gasteiger partial charge in [0.15, 0.2) is 0 Å². The molecule has 1 heterocycles. The van der Waals surface area contributed by atoms with Crippen LogP contribution >= 0.6 is 0 Å². The molecule has 1 aliphatic heterocycles. The van der Waals surface area contributed by atoms with Crippen molar-refractivity contribution in [3.8, 4) is 0 Å². The SMILES string of the molecule is O=C(O)CC1(NC(=O)[C@@H]2CCCN2)CCCC1.